The van der Waals surface area contributed by atoms with E-state index < -0.39 is 0 Å². The molecule has 1 aliphatic heterocycles. The van der Waals surface area contributed by atoms with Gasteiger partial charge in [0, 0.05) is 9.89 Å². The van der Waals surface area contributed by atoms with Crippen LogP contribution in [0.2, 0.25) is 0 Å². The number of thioether (sulfide) groups is 1. The first kappa shape index (κ1) is 10.2. The largest absolute Gasteiger partial charge is 0.245 e. The predicted octanol–water partition coefficient (Wildman–Crippen LogP) is 4.13. The van der Waals surface area contributed by atoms with Gasteiger partial charge in [-0.25, -0.2) is 4.99 Å². The summed E-state index contributed by atoms with van der Waals surface area (Å²) in [6.45, 7) is 4.45. The Kier molecular flexibility index (Phi) is 2.48. The summed E-state index contributed by atoms with van der Waals surface area (Å²) in [5.74, 6) is 0. The second-order valence-electron chi connectivity index (χ2n) is 3.91. The maximum Gasteiger partial charge on any atom is 0.0837 e. The lowest BCUT2D eigenvalue weighted by Gasteiger charge is -2.20. The summed E-state index contributed by atoms with van der Waals surface area (Å²) in [5, 5.41) is 1.20. The average Bonchev–Trinajstić information content (AvgIpc) is 2.37. The normalized spacial score (nSPS) is 17.9. The molecular formula is C11H12BrNS. The monoisotopic (exact) mass is 269 g/mol. The Labute approximate surface area is 97.1 Å². The highest BCUT2D eigenvalue weighted by molar-refractivity contribution is 9.10. The Balaban J connectivity index is 2.59. The van der Waals surface area contributed by atoms with E-state index in [0.29, 0.717) is 0 Å². The summed E-state index contributed by atoms with van der Waals surface area (Å²) in [7, 11) is 0. The van der Waals surface area contributed by atoms with Crippen molar-refractivity contribution in [2.75, 3.05) is 6.26 Å². The van der Waals surface area contributed by atoms with E-state index in [4.69, 9.17) is 0 Å². The first-order valence-electron chi connectivity index (χ1n) is 4.49. The number of fused-ring (bicyclic) bond motifs is 1. The number of rotatable bonds is 0. The van der Waals surface area contributed by atoms with Crippen LogP contribution in [-0.4, -0.2) is 11.3 Å². The van der Waals surface area contributed by atoms with Gasteiger partial charge in [0.2, 0.25) is 0 Å². The maximum atomic E-state index is 4.63. The Bertz CT molecular complexity index is 410. The van der Waals surface area contributed by atoms with Crippen molar-refractivity contribution in [3.8, 4) is 0 Å². The van der Waals surface area contributed by atoms with Crippen LogP contribution in [0.5, 0.6) is 0 Å². The first-order valence-corrected chi connectivity index (χ1v) is 6.50. The number of nitrogens with zero attached hydrogens (tertiary/aromatic N) is 1. The van der Waals surface area contributed by atoms with Crippen molar-refractivity contribution in [3.63, 3.8) is 0 Å². The quantitative estimate of drug-likeness (QED) is 0.690. The zero-order valence-corrected chi connectivity index (χ0v) is 10.9. The third-order valence-corrected chi connectivity index (χ3v) is 4.06. The second-order valence-corrected chi connectivity index (χ2v) is 5.62. The van der Waals surface area contributed by atoms with Crippen molar-refractivity contribution in [1.29, 1.82) is 0 Å². The van der Waals surface area contributed by atoms with Crippen LogP contribution in [0.15, 0.2) is 27.7 Å². The topological polar surface area (TPSA) is 12.4 Å². The summed E-state index contributed by atoms with van der Waals surface area (Å²) < 4.78 is 1.10. The molecule has 0 bridgehead atoms. The van der Waals surface area contributed by atoms with Gasteiger partial charge in [-0.15, -0.1) is 11.8 Å². The van der Waals surface area contributed by atoms with E-state index >= 15 is 0 Å². The minimum Gasteiger partial charge on any atom is -0.245 e. The highest BCUT2D eigenvalue weighted by Gasteiger charge is 2.34. The molecule has 1 aromatic rings. The molecule has 1 heterocycles. The fraction of sp³-hybridized carbons (Fsp3) is 0.364. The highest BCUT2D eigenvalue weighted by Crippen LogP contribution is 2.43. The van der Waals surface area contributed by atoms with Gasteiger partial charge in [-0.2, -0.15) is 0 Å². The van der Waals surface area contributed by atoms with Crippen LogP contribution in [0.1, 0.15) is 19.4 Å². The summed E-state index contributed by atoms with van der Waals surface area (Å²) in [4.78, 5) is 4.63. The molecule has 0 fully saturated rings. The standard InChI is InChI=1S/C11H12BrNS/c1-11(2)8-5-4-7(12)6-9(8)13-10(11)14-3/h4-6H,1-3H3. The van der Waals surface area contributed by atoms with Crippen molar-refractivity contribution in [3.05, 3.63) is 28.2 Å². The van der Waals surface area contributed by atoms with Gasteiger partial charge in [0.1, 0.15) is 0 Å². The number of hydrogen-bond acceptors (Lipinski definition) is 2. The lowest BCUT2D eigenvalue weighted by molar-refractivity contribution is 0.748. The van der Waals surface area contributed by atoms with Crippen molar-refractivity contribution >= 4 is 38.4 Å². The van der Waals surface area contributed by atoms with Crippen molar-refractivity contribution in [1.82, 2.24) is 0 Å². The van der Waals surface area contributed by atoms with E-state index in [1.165, 1.54) is 10.6 Å². The van der Waals surface area contributed by atoms with E-state index in [1.54, 1.807) is 11.8 Å². The molecule has 2 rings (SSSR count). The lowest BCUT2D eigenvalue weighted by Crippen LogP contribution is -2.22. The zero-order valence-electron chi connectivity index (χ0n) is 8.47. The molecule has 0 aliphatic carbocycles. The molecule has 1 nitrogen and oxygen atoms in total. The second kappa shape index (κ2) is 3.38. The van der Waals surface area contributed by atoms with E-state index in [9.17, 15) is 0 Å². The van der Waals surface area contributed by atoms with Gasteiger partial charge < -0.3 is 0 Å². The van der Waals surface area contributed by atoms with Crippen LogP contribution in [-0.2, 0) is 5.41 Å². The van der Waals surface area contributed by atoms with Crippen molar-refractivity contribution in [2.24, 2.45) is 4.99 Å². The molecule has 0 aromatic heterocycles. The molecule has 0 amide bonds. The van der Waals surface area contributed by atoms with E-state index in [0.717, 1.165) is 10.2 Å². The van der Waals surface area contributed by atoms with Crippen molar-refractivity contribution < 1.29 is 0 Å². The van der Waals surface area contributed by atoms with Gasteiger partial charge in [-0.3, -0.25) is 0 Å². The Morgan fingerprint density at radius 3 is 2.71 bits per heavy atom. The van der Waals surface area contributed by atoms with Gasteiger partial charge >= 0.3 is 0 Å². The van der Waals surface area contributed by atoms with Crippen LogP contribution >= 0.6 is 27.7 Å². The Morgan fingerprint density at radius 2 is 2.07 bits per heavy atom. The highest BCUT2D eigenvalue weighted by atomic mass is 79.9. The van der Waals surface area contributed by atoms with Gasteiger partial charge in [0.25, 0.3) is 0 Å². The molecule has 0 saturated carbocycles. The maximum absolute atomic E-state index is 4.63. The summed E-state index contributed by atoms with van der Waals surface area (Å²) >= 11 is 5.20. The van der Waals surface area contributed by atoms with Gasteiger partial charge in [-0.05, 0) is 37.8 Å². The Hall–Kier alpha value is -0.280. The minimum absolute atomic E-state index is 0.0788. The van der Waals surface area contributed by atoms with E-state index in [2.05, 4.69) is 59.2 Å². The molecule has 1 aliphatic rings. The third kappa shape index (κ3) is 1.43. The number of benzene rings is 1. The van der Waals surface area contributed by atoms with Crippen molar-refractivity contribution in [2.45, 2.75) is 19.3 Å². The Morgan fingerprint density at radius 1 is 1.36 bits per heavy atom. The third-order valence-electron chi connectivity index (χ3n) is 2.58. The molecule has 1 aromatic carbocycles. The fourth-order valence-corrected chi connectivity index (χ4v) is 2.95. The zero-order chi connectivity index (χ0) is 10.3. The molecule has 0 N–H and O–H groups in total. The van der Waals surface area contributed by atoms with Gasteiger partial charge in [0.05, 0.1) is 10.7 Å². The molecule has 0 unspecified atom stereocenters. The smallest absolute Gasteiger partial charge is 0.0837 e. The minimum atomic E-state index is 0.0788. The summed E-state index contributed by atoms with van der Waals surface area (Å²) in [6.07, 6.45) is 2.08. The van der Waals surface area contributed by atoms with Crippen LogP contribution in [0.4, 0.5) is 5.69 Å². The number of aliphatic imine (C=N–C) groups is 1. The molecular weight excluding hydrogens is 258 g/mol. The van der Waals surface area contributed by atoms with Gasteiger partial charge in [0.15, 0.2) is 0 Å². The van der Waals surface area contributed by atoms with Crippen LogP contribution < -0.4 is 0 Å². The molecule has 74 valence electrons. The fourth-order valence-electron chi connectivity index (χ4n) is 1.79. The molecule has 0 saturated heterocycles. The van der Waals surface area contributed by atoms with Crippen LogP contribution in [0, 0.1) is 0 Å². The predicted molar refractivity (Wildman–Crippen MR) is 67.8 cm³/mol. The number of halogens is 1. The van der Waals surface area contributed by atoms with Crippen LogP contribution in [0.25, 0.3) is 0 Å². The lowest BCUT2D eigenvalue weighted by atomic mass is 9.87. The van der Waals surface area contributed by atoms with E-state index in [1.807, 2.05) is 0 Å². The first-order chi connectivity index (χ1) is 6.55. The van der Waals surface area contributed by atoms with E-state index in [-0.39, 0.29) is 5.41 Å². The SMILES string of the molecule is CSC1=Nc2cc(Br)ccc2C1(C)C. The molecule has 0 atom stereocenters. The molecule has 14 heavy (non-hydrogen) atoms. The molecule has 3 heteroatoms. The molecule has 0 spiro atoms. The summed E-state index contributed by atoms with van der Waals surface area (Å²) in [6, 6.07) is 6.33. The number of hydrogen-bond donors (Lipinski definition) is 0. The van der Waals surface area contributed by atoms with Crippen LogP contribution in [0.3, 0.4) is 0 Å². The average molecular weight is 270 g/mol. The summed E-state index contributed by atoms with van der Waals surface area (Å²) in [5.41, 5.74) is 2.51. The molecule has 0 radical (unpaired) electrons. The van der Waals surface area contributed by atoms with Gasteiger partial charge in [-0.1, -0.05) is 22.0 Å².